The van der Waals surface area contributed by atoms with Gasteiger partial charge in [0.1, 0.15) is 16.8 Å². The summed E-state index contributed by atoms with van der Waals surface area (Å²) < 4.78 is 5.47. The first-order chi connectivity index (χ1) is 9.54. The average molecular weight is 290 g/mol. The molecule has 0 bridgehead atoms. The third kappa shape index (κ3) is 2.53. The van der Waals surface area contributed by atoms with Crippen molar-refractivity contribution in [1.82, 2.24) is 4.98 Å². The Labute approximate surface area is 119 Å². The lowest BCUT2D eigenvalue weighted by Crippen LogP contribution is -1.96. The summed E-state index contributed by atoms with van der Waals surface area (Å²) in [4.78, 5) is 14.3. The molecule has 1 heterocycles. The monoisotopic (exact) mass is 289 g/mol. The number of rotatable bonds is 3. The summed E-state index contributed by atoms with van der Waals surface area (Å²) in [7, 11) is 0. The van der Waals surface area contributed by atoms with Crippen LogP contribution in [-0.4, -0.2) is 9.91 Å². The fourth-order valence-electron chi connectivity index (χ4n) is 1.60. The van der Waals surface area contributed by atoms with Gasteiger partial charge in [0.15, 0.2) is 0 Å². The predicted octanol–water partition coefficient (Wildman–Crippen LogP) is 3.62. The van der Waals surface area contributed by atoms with Crippen molar-refractivity contribution in [3.8, 4) is 17.7 Å². The number of hydrogen-bond donors (Lipinski definition) is 0. The maximum absolute atomic E-state index is 10.9. The minimum absolute atomic E-state index is 0.0364. The Morgan fingerprint density at radius 3 is 2.85 bits per heavy atom. The Morgan fingerprint density at radius 2 is 2.20 bits per heavy atom. The van der Waals surface area contributed by atoms with Gasteiger partial charge in [-0.25, -0.2) is 4.98 Å². The van der Waals surface area contributed by atoms with Gasteiger partial charge in [-0.1, -0.05) is 17.7 Å². The molecule has 2 aromatic rings. The van der Waals surface area contributed by atoms with Crippen LogP contribution in [-0.2, 0) is 0 Å². The number of nitro benzene ring substituents is 1. The molecule has 0 amide bonds. The highest BCUT2D eigenvalue weighted by atomic mass is 35.5. The molecule has 0 saturated heterocycles. The summed E-state index contributed by atoms with van der Waals surface area (Å²) in [6.45, 7) is 1.56. The molecule has 0 spiro atoms. The van der Waals surface area contributed by atoms with Crippen LogP contribution in [0, 0.1) is 28.4 Å². The Bertz CT molecular complexity index is 725. The Hall–Kier alpha value is -2.65. The molecule has 20 heavy (non-hydrogen) atoms. The molecule has 0 aliphatic carbocycles. The number of ether oxygens (including phenoxy) is 1. The second kappa shape index (κ2) is 5.55. The Balaban J connectivity index is 2.44. The van der Waals surface area contributed by atoms with Crippen molar-refractivity contribution in [1.29, 1.82) is 5.26 Å². The molecule has 0 unspecified atom stereocenters. The molecule has 6 nitrogen and oxygen atoms in total. The number of nitrogens with zero attached hydrogens (tertiary/aromatic N) is 3. The van der Waals surface area contributed by atoms with Gasteiger partial charge in [0.05, 0.1) is 16.1 Å². The number of nitriles is 1. The summed E-state index contributed by atoms with van der Waals surface area (Å²) >= 11 is 5.97. The second-order valence-corrected chi connectivity index (χ2v) is 4.23. The van der Waals surface area contributed by atoms with Crippen molar-refractivity contribution < 1.29 is 9.66 Å². The first kappa shape index (κ1) is 13.8. The van der Waals surface area contributed by atoms with Gasteiger partial charge in [-0.05, 0) is 19.1 Å². The lowest BCUT2D eigenvalue weighted by Gasteiger charge is -2.09. The zero-order valence-corrected chi connectivity index (χ0v) is 11.1. The molecular weight excluding hydrogens is 282 g/mol. The van der Waals surface area contributed by atoms with Gasteiger partial charge >= 0.3 is 0 Å². The molecule has 100 valence electrons. The van der Waals surface area contributed by atoms with Crippen molar-refractivity contribution in [2.24, 2.45) is 0 Å². The molecule has 7 heteroatoms. The maximum Gasteiger partial charge on any atom is 0.276 e. The van der Waals surface area contributed by atoms with Crippen molar-refractivity contribution in [3.05, 3.63) is 56.7 Å². The van der Waals surface area contributed by atoms with E-state index in [1.54, 1.807) is 13.0 Å². The van der Waals surface area contributed by atoms with Crippen LogP contribution in [0.15, 0.2) is 30.5 Å². The molecule has 2 rings (SSSR count). The standard InChI is InChI=1S/C13H8ClN3O3/c1-8-10(17(18)19)3-2-4-11(8)20-13-12(14)9(7-15)5-6-16-13/h2-6H,1H3. The van der Waals surface area contributed by atoms with E-state index >= 15 is 0 Å². The molecule has 1 aromatic carbocycles. The van der Waals surface area contributed by atoms with Crippen LogP contribution in [0.2, 0.25) is 5.02 Å². The summed E-state index contributed by atoms with van der Waals surface area (Å²) in [5.41, 5.74) is 0.521. The molecule has 0 radical (unpaired) electrons. The van der Waals surface area contributed by atoms with Crippen molar-refractivity contribution in [3.63, 3.8) is 0 Å². The lowest BCUT2D eigenvalue weighted by molar-refractivity contribution is -0.385. The molecule has 0 fully saturated rings. The second-order valence-electron chi connectivity index (χ2n) is 3.85. The fraction of sp³-hybridized carbons (Fsp3) is 0.0769. The SMILES string of the molecule is Cc1c(Oc2nccc(C#N)c2Cl)cccc1[N+](=O)[O-]. The van der Waals surface area contributed by atoms with Crippen molar-refractivity contribution in [2.45, 2.75) is 6.92 Å². The van der Waals surface area contributed by atoms with Gasteiger partial charge in [0.2, 0.25) is 5.88 Å². The van der Waals surface area contributed by atoms with E-state index in [4.69, 9.17) is 21.6 Å². The highest BCUT2D eigenvalue weighted by molar-refractivity contribution is 6.33. The number of benzene rings is 1. The number of hydrogen-bond acceptors (Lipinski definition) is 5. The highest BCUT2D eigenvalue weighted by Gasteiger charge is 2.16. The Kier molecular flexibility index (Phi) is 3.82. The van der Waals surface area contributed by atoms with Crippen LogP contribution in [0.25, 0.3) is 0 Å². The quantitative estimate of drug-likeness (QED) is 0.636. The Morgan fingerprint density at radius 1 is 1.45 bits per heavy atom. The van der Waals surface area contributed by atoms with Crippen LogP contribution in [0.3, 0.4) is 0 Å². The van der Waals surface area contributed by atoms with Gasteiger partial charge in [0, 0.05) is 12.3 Å². The van der Waals surface area contributed by atoms with Crippen LogP contribution < -0.4 is 4.74 Å². The molecule has 0 N–H and O–H groups in total. The van der Waals surface area contributed by atoms with Crippen LogP contribution >= 0.6 is 11.6 Å². The van der Waals surface area contributed by atoms with Gasteiger partial charge in [-0.2, -0.15) is 5.26 Å². The molecule has 1 aromatic heterocycles. The van der Waals surface area contributed by atoms with Gasteiger partial charge in [-0.15, -0.1) is 0 Å². The van der Waals surface area contributed by atoms with E-state index in [1.807, 2.05) is 6.07 Å². The first-order valence-corrected chi connectivity index (χ1v) is 5.89. The van der Waals surface area contributed by atoms with Gasteiger partial charge < -0.3 is 4.74 Å². The first-order valence-electron chi connectivity index (χ1n) is 5.51. The van der Waals surface area contributed by atoms with E-state index in [0.29, 0.717) is 5.56 Å². The van der Waals surface area contributed by atoms with Crippen LogP contribution in [0.1, 0.15) is 11.1 Å². The zero-order valence-electron chi connectivity index (χ0n) is 10.3. The fourth-order valence-corrected chi connectivity index (χ4v) is 1.79. The summed E-state index contributed by atoms with van der Waals surface area (Å²) in [5.74, 6) is 0.304. The highest BCUT2D eigenvalue weighted by Crippen LogP contribution is 2.34. The third-order valence-corrected chi connectivity index (χ3v) is 3.00. The van der Waals surface area contributed by atoms with Gasteiger partial charge in [-0.3, -0.25) is 10.1 Å². The van der Waals surface area contributed by atoms with E-state index in [2.05, 4.69) is 4.98 Å². The minimum atomic E-state index is -0.497. The lowest BCUT2D eigenvalue weighted by atomic mass is 10.2. The smallest absolute Gasteiger partial charge is 0.276 e. The number of pyridine rings is 1. The zero-order chi connectivity index (χ0) is 14.7. The maximum atomic E-state index is 10.9. The van der Waals surface area contributed by atoms with Crippen molar-refractivity contribution in [2.75, 3.05) is 0 Å². The topological polar surface area (TPSA) is 89.0 Å². The van der Waals surface area contributed by atoms with E-state index in [1.165, 1.54) is 24.4 Å². The largest absolute Gasteiger partial charge is 0.437 e. The van der Waals surface area contributed by atoms with E-state index in [-0.39, 0.29) is 27.9 Å². The van der Waals surface area contributed by atoms with E-state index in [0.717, 1.165) is 0 Å². The summed E-state index contributed by atoms with van der Waals surface area (Å²) in [6.07, 6.45) is 1.38. The summed E-state index contributed by atoms with van der Waals surface area (Å²) in [5, 5.41) is 19.8. The summed E-state index contributed by atoms with van der Waals surface area (Å²) in [6, 6.07) is 7.81. The predicted molar refractivity (Wildman–Crippen MR) is 71.9 cm³/mol. The number of nitro groups is 1. The molecule has 0 aliphatic heterocycles. The van der Waals surface area contributed by atoms with E-state index < -0.39 is 4.92 Å². The van der Waals surface area contributed by atoms with Crippen molar-refractivity contribution >= 4 is 17.3 Å². The number of aromatic nitrogens is 1. The normalized spacial score (nSPS) is 9.85. The number of halogens is 1. The minimum Gasteiger partial charge on any atom is -0.437 e. The molecule has 0 saturated carbocycles. The third-order valence-electron chi connectivity index (χ3n) is 2.64. The van der Waals surface area contributed by atoms with Gasteiger partial charge in [0.25, 0.3) is 5.69 Å². The average Bonchev–Trinajstić information content (AvgIpc) is 2.43. The van der Waals surface area contributed by atoms with Crippen LogP contribution in [0.5, 0.6) is 11.6 Å². The molecular formula is C13H8ClN3O3. The molecule has 0 aliphatic rings. The van der Waals surface area contributed by atoms with E-state index in [9.17, 15) is 10.1 Å². The molecule has 0 atom stereocenters. The van der Waals surface area contributed by atoms with Crippen LogP contribution in [0.4, 0.5) is 5.69 Å².